The van der Waals surface area contributed by atoms with Crippen LogP contribution in [0.25, 0.3) is 0 Å². The molecule has 94 valence electrons. The van der Waals surface area contributed by atoms with Gasteiger partial charge in [0.2, 0.25) is 21.2 Å². The van der Waals surface area contributed by atoms with Crippen molar-refractivity contribution < 1.29 is 18.3 Å². The van der Waals surface area contributed by atoms with Crippen LogP contribution in [0.5, 0.6) is 0 Å². The molecule has 8 nitrogen and oxygen atoms in total. The number of aliphatic hydroxyl groups excluding tert-OH is 1. The largest absolute Gasteiger partial charge is 0.382 e. The van der Waals surface area contributed by atoms with E-state index in [0.29, 0.717) is 0 Å². The standard InChI is InChI=1S/C7H9ClN4O4S/c8-7-10-1-4(2-11-7)17(15,16)12-3-5(13)6(9)14/h1-2,5,12-13H,3H2,(H2,9,14). The zero-order valence-electron chi connectivity index (χ0n) is 8.37. The number of carbonyl (C=O) groups excluding carboxylic acids is 1. The lowest BCUT2D eigenvalue weighted by molar-refractivity contribution is -0.125. The Balaban J connectivity index is 2.76. The highest BCUT2D eigenvalue weighted by atomic mass is 35.5. The van der Waals surface area contributed by atoms with E-state index in [2.05, 4.69) is 9.97 Å². The Bertz CT molecular complexity index is 503. The zero-order valence-corrected chi connectivity index (χ0v) is 9.94. The number of halogens is 1. The molecule has 0 aromatic carbocycles. The van der Waals surface area contributed by atoms with Crippen molar-refractivity contribution >= 4 is 27.5 Å². The molecule has 0 aliphatic rings. The highest BCUT2D eigenvalue weighted by molar-refractivity contribution is 7.89. The first kappa shape index (κ1) is 13.8. The lowest BCUT2D eigenvalue weighted by Gasteiger charge is -2.08. The van der Waals surface area contributed by atoms with E-state index in [9.17, 15) is 13.2 Å². The number of aliphatic hydroxyl groups is 1. The number of nitrogens with zero attached hydrogens (tertiary/aromatic N) is 2. The molecule has 0 aliphatic heterocycles. The quantitative estimate of drug-likeness (QED) is 0.548. The van der Waals surface area contributed by atoms with Gasteiger partial charge in [0.05, 0.1) is 12.4 Å². The van der Waals surface area contributed by atoms with Crippen molar-refractivity contribution in [3.05, 3.63) is 17.7 Å². The number of aromatic nitrogens is 2. The third-order valence-corrected chi connectivity index (χ3v) is 3.28. The topological polar surface area (TPSA) is 135 Å². The van der Waals surface area contributed by atoms with Crippen molar-refractivity contribution in [2.24, 2.45) is 5.73 Å². The van der Waals surface area contributed by atoms with Crippen LogP contribution in [0.3, 0.4) is 0 Å². The lowest BCUT2D eigenvalue weighted by Crippen LogP contribution is -2.39. The SMILES string of the molecule is NC(=O)C(O)CNS(=O)(=O)c1cnc(Cl)nc1. The molecule has 1 unspecified atom stereocenters. The molecule has 10 heteroatoms. The fourth-order valence-corrected chi connectivity index (χ4v) is 1.84. The zero-order chi connectivity index (χ0) is 13.1. The minimum atomic E-state index is -3.91. The first-order chi connectivity index (χ1) is 7.83. The third kappa shape index (κ3) is 3.89. The molecular formula is C7H9ClN4O4S. The van der Waals surface area contributed by atoms with E-state index in [1.165, 1.54) is 0 Å². The molecule has 0 saturated heterocycles. The molecule has 0 radical (unpaired) electrons. The van der Waals surface area contributed by atoms with Gasteiger partial charge in [0, 0.05) is 6.54 Å². The molecule has 0 fully saturated rings. The molecule has 17 heavy (non-hydrogen) atoms. The molecule has 1 rings (SSSR count). The summed E-state index contributed by atoms with van der Waals surface area (Å²) >= 11 is 5.39. The van der Waals surface area contributed by atoms with Gasteiger partial charge >= 0.3 is 0 Å². The third-order valence-electron chi connectivity index (χ3n) is 1.70. The predicted molar refractivity (Wildman–Crippen MR) is 57.4 cm³/mol. The molecule has 0 spiro atoms. The Morgan fingerprint density at radius 1 is 1.53 bits per heavy atom. The summed E-state index contributed by atoms with van der Waals surface area (Å²) in [4.78, 5) is 17.2. The number of rotatable bonds is 5. The van der Waals surface area contributed by atoms with Crippen molar-refractivity contribution in [3.8, 4) is 0 Å². The number of hydrogen-bond acceptors (Lipinski definition) is 6. The van der Waals surface area contributed by atoms with E-state index in [1.807, 2.05) is 4.72 Å². The summed E-state index contributed by atoms with van der Waals surface area (Å²) in [5.41, 5.74) is 4.76. The Kier molecular flexibility index (Phi) is 4.34. The maximum Gasteiger partial charge on any atom is 0.247 e. The molecule has 1 aromatic rings. The van der Waals surface area contributed by atoms with Crippen LogP contribution in [0, 0.1) is 0 Å². The van der Waals surface area contributed by atoms with Crippen molar-refractivity contribution in [3.63, 3.8) is 0 Å². The molecule has 0 aliphatic carbocycles. The fraction of sp³-hybridized carbons (Fsp3) is 0.286. The smallest absolute Gasteiger partial charge is 0.247 e. The van der Waals surface area contributed by atoms with Gasteiger partial charge in [-0.15, -0.1) is 0 Å². The van der Waals surface area contributed by atoms with Crippen molar-refractivity contribution in [2.45, 2.75) is 11.0 Å². The minimum Gasteiger partial charge on any atom is -0.382 e. The van der Waals surface area contributed by atoms with E-state index in [1.54, 1.807) is 0 Å². The predicted octanol–water partition coefficient (Wildman–Crippen LogP) is -1.75. The van der Waals surface area contributed by atoms with Gasteiger partial charge in [-0.05, 0) is 11.6 Å². The second-order valence-corrected chi connectivity index (χ2v) is 5.06. The van der Waals surface area contributed by atoms with Crippen LogP contribution in [0.1, 0.15) is 0 Å². The van der Waals surface area contributed by atoms with Crippen molar-refractivity contribution in [1.29, 1.82) is 0 Å². The second kappa shape index (κ2) is 5.36. The number of hydrogen-bond donors (Lipinski definition) is 3. The number of sulfonamides is 1. The average molecular weight is 281 g/mol. The van der Waals surface area contributed by atoms with Crippen LogP contribution in [0.4, 0.5) is 0 Å². The van der Waals surface area contributed by atoms with E-state index in [0.717, 1.165) is 12.4 Å². The van der Waals surface area contributed by atoms with E-state index in [4.69, 9.17) is 22.4 Å². The molecule has 0 saturated carbocycles. The fourth-order valence-electron chi connectivity index (χ4n) is 0.812. The van der Waals surface area contributed by atoms with Crippen LogP contribution >= 0.6 is 11.6 Å². The maximum atomic E-state index is 11.6. The van der Waals surface area contributed by atoms with Crippen LogP contribution in [0.15, 0.2) is 17.3 Å². The number of carbonyl (C=O) groups is 1. The number of nitrogens with two attached hydrogens (primary N) is 1. The Morgan fingerprint density at radius 3 is 2.53 bits per heavy atom. The Morgan fingerprint density at radius 2 is 2.06 bits per heavy atom. The van der Waals surface area contributed by atoms with Crippen LogP contribution in [-0.4, -0.2) is 42.0 Å². The summed E-state index contributed by atoms with van der Waals surface area (Å²) in [6, 6.07) is 0. The van der Waals surface area contributed by atoms with Crippen LogP contribution in [-0.2, 0) is 14.8 Å². The molecular weight excluding hydrogens is 272 g/mol. The highest BCUT2D eigenvalue weighted by Gasteiger charge is 2.18. The maximum absolute atomic E-state index is 11.6. The van der Waals surface area contributed by atoms with Gasteiger partial charge in [0.25, 0.3) is 0 Å². The van der Waals surface area contributed by atoms with Gasteiger partial charge in [-0.2, -0.15) is 0 Å². The van der Waals surface area contributed by atoms with Gasteiger partial charge < -0.3 is 10.8 Å². The summed E-state index contributed by atoms with van der Waals surface area (Å²) in [7, 11) is -3.91. The highest BCUT2D eigenvalue weighted by Crippen LogP contribution is 2.07. The van der Waals surface area contributed by atoms with E-state index < -0.39 is 28.6 Å². The lowest BCUT2D eigenvalue weighted by atomic mass is 10.3. The first-order valence-electron chi connectivity index (χ1n) is 4.27. The van der Waals surface area contributed by atoms with Gasteiger partial charge in [-0.3, -0.25) is 4.79 Å². The first-order valence-corrected chi connectivity index (χ1v) is 6.13. The molecule has 1 aromatic heterocycles. The summed E-state index contributed by atoms with van der Waals surface area (Å²) in [5, 5.41) is 8.93. The molecule has 1 atom stereocenters. The summed E-state index contributed by atoms with van der Waals surface area (Å²) < 4.78 is 25.1. The summed E-state index contributed by atoms with van der Waals surface area (Å²) in [5.74, 6) is -1.03. The van der Waals surface area contributed by atoms with Crippen molar-refractivity contribution in [1.82, 2.24) is 14.7 Å². The number of nitrogens with one attached hydrogen (secondary N) is 1. The Hall–Kier alpha value is -1.29. The van der Waals surface area contributed by atoms with Crippen LogP contribution in [0.2, 0.25) is 5.28 Å². The van der Waals surface area contributed by atoms with Gasteiger partial charge in [-0.25, -0.2) is 23.1 Å². The molecule has 1 amide bonds. The number of amides is 1. The van der Waals surface area contributed by atoms with Crippen molar-refractivity contribution in [2.75, 3.05) is 6.54 Å². The minimum absolute atomic E-state index is 0.0962. The average Bonchev–Trinajstić information content (AvgIpc) is 2.26. The second-order valence-electron chi connectivity index (χ2n) is 2.96. The Labute approximate surface area is 102 Å². The molecule has 0 bridgehead atoms. The van der Waals surface area contributed by atoms with Gasteiger partial charge in [-0.1, -0.05) is 0 Å². The van der Waals surface area contributed by atoms with Gasteiger partial charge in [0.15, 0.2) is 0 Å². The van der Waals surface area contributed by atoms with Gasteiger partial charge in [0.1, 0.15) is 11.0 Å². The summed E-state index contributed by atoms with van der Waals surface area (Å²) in [6.45, 7) is -0.527. The normalized spacial score (nSPS) is 13.3. The number of primary amides is 1. The van der Waals surface area contributed by atoms with Crippen LogP contribution < -0.4 is 10.5 Å². The molecule has 4 N–H and O–H groups in total. The van der Waals surface area contributed by atoms with E-state index >= 15 is 0 Å². The molecule has 1 heterocycles. The summed E-state index contributed by atoms with van der Waals surface area (Å²) in [6.07, 6.45) is 0.390. The monoisotopic (exact) mass is 280 g/mol. The van der Waals surface area contributed by atoms with E-state index in [-0.39, 0.29) is 10.2 Å².